The number of carbonyl (C=O) groups excluding carboxylic acids is 1. The van der Waals surface area contributed by atoms with E-state index in [0.717, 1.165) is 18.5 Å². The van der Waals surface area contributed by atoms with Gasteiger partial charge >= 0.3 is 0 Å². The number of carbonyl (C=O) groups is 1. The van der Waals surface area contributed by atoms with Crippen LogP contribution >= 0.6 is 0 Å². The van der Waals surface area contributed by atoms with Crippen LogP contribution in [0.5, 0.6) is 0 Å². The summed E-state index contributed by atoms with van der Waals surface area (Å²) in [5, 5.41) is 6.97. The van der Waals surface area contributed by atoms with Gasteiger partial charge in [-0.2, -0.15) is 0 Å². The molecule has 2 fully saturated rings. The van der Waals surface area contributed by atoms with Gasteiger partial charge in [0.25, 0.3) is 0 Å². The van der Waals surface area contributed by atoms with Crippen LogP contribution < -0.4 is 10.6 Å². The lowest BCUT2D eigenvalue weighted by Crippen LogP contribution is -2.33. The van der Waals surface area contributed by atoms with Crippen molar-refractivity contribution >= 4 is 17.3 Å². The molecule has 0 spiro atoms. The molecule has 2 saturated carbocycles. The summed E-state index contributed by atoms with van der Waals surface area (Å²) in [7, 11) is 0. The zero-order valence-corrected chi connectivity index (χ0v) is 16.0. The molecule has 3 nitrogen and oxygen atoms in total. The number of hydrogen-bond donors (Lipinski definition) is 2. The van der Waals surface area contributed by atoms with Gasteiger partial charge in [0, 0.05) is 17.3 Å². The highest BCUT2D eigenvalue weighted by molar-refractivity contribution is 5.94. The van der Waals surface area contributed by atoms with Crippen molar-refractivity contribution in [1.29, 1.82) is 0 Å². The van der Waals surface area contributed by atoms with Crippen molar-refractivity contribution < 1.29 is 4.79 Å². The quantitative estimate of drug-likeness (QED) is 0.728. The fraction of sp³-hybridized carbons (Fsp3) is 0.458. The maximum absolute atomic E-state index is 12.2. The van der Waals surface area contributed by atoms with Crippen LogP contribution in [0.2, 0.25) is 0 Å². The summed E-state index contributed by atoms with van der Waals surface area (Å²) in [6, 6.07) is 15.9. The fourth-order valence-corrected chi connectivity index (χ4v) is 4.99. The molecule has 1 amide bonds. The van der Waals surface area contributed by atoms with Crippen LogP contribution in [-0.2, 0) is 4.79 Å². The van der Waals surface area contributed by atoms with E-state index >= 15 is 0 Å². The number of aryl methyl sites for hydroxylation is 1. The predicted molar refractivity (Wildman–Crippen MR) is 110 cm³/mol. The predicted octanol–water partition coefficient (Wildman–Crippen LogP) is 5.78. The minimum absolute atomic E-state index is 0.191. The summed E-state index contributed by atoms with van der Waals surface area (Å²) in [4.78, 5) is 12.2. The number of hydrogen-bond acceptors (Lipinski definition) is 2. The Morgan fingerprint density at radius 1 is 1.00 bits per heavy atom. The summed E-state index contributed by atoms with van der Waals surface area (Å²) in [5.74, 6) is 1.64. The lowest BCUT2D eigenvalue weighted by molar-refractivity contribution is -0.117. The number of nitrogens with one attached hydrogen (secondary N) is 2. The molecule has 3 atom stereocenters. The number of benzene rings is 2. The first-order valence-electron chi connectivity index (χ1n) is 10.5. The lowest BCUT2D eigenvalue weighted by Gasteiger charge is -2.44. The standard InChI is InChI=1S/C24H28N2O/c1-15-6-8-16(9-7-15)23-20-5-3-2-4-19(20)21-14-18(12-13-22(21)26-23)25-24(27)17-10-11-17/h6-9,12-14,17,19-20,23,26H,2-5,10-11H2,1H3,(H,25,27). The van der Waals surface area contributed by atoms with Gasteiger partial charge in [0.05, 0.1) is 6.04 Å². The van der Waals surface area contributed by atoms with E-state index < -0.39 is 0 Å². The molecule has 2 aromatic carbocycles. The third kappa shape index (κ3) is 3.24. The number of anilines is 2. The van der Waals surface area contributed by atoms with Gasteiger partial charge in [0.1, 0.15) is 0 Å². The molecule has 27 heavy (non-hydrogen) atoms. The molecule has 2 aliphatic carbocycles. The van der Waals surface area contributed by atoms with Crippen LogP contribution in [0.4, 0.5) is 11.4 Å². The maximum Gasteiger partial charge on any atom is 0.227 e. The number of amides is 1. The second-order valence-corrected chi connectivity index (χ2v) is 8.65. The third-order valence-corrected chi connectivity index (χ3v) is 6.66. The van der Waals surface area contributed by atoms with E-state index in [1.54, 1.807) is 0 Å². The van der Waals surface area contributed by atoms with Crippen LogP contribution in [0.25, 0.3) is 0 Å². The Hall–Kier alpha value is -2.29. The van der Waals surface area contributed by atoms with E-state index in [2.05, 4.69) is 60.0 Å². The molecule has 5 rings (SSSR count). The smallest absolute Gasteiger partial charge is 0.227 e. The van der Waals surface area contributed by atoms with Crippen LogP contribution in [0, 0.1) is 18.8 Å². The Labute approximate surface area is 161 Å². The molecule has 3 heteroatoms. The molecule has 1 aliphatic heterocycles. The number of fused-ring (bicyclic) bond motifs is 3. The van der Waals surface area contributed by atoms with Crippen LogP contribution in [0.15, 0.2) is 42.5 Å². The van der Waals surface area contributed by atoms with E-state index in [-0.39, 0.29) is 11.8 Å². The van der Waals surface area contributed by atoms with Gasteiger partial charge in [-0.15, -0.1) is 0 Å². The first-order valence-corrected chi connectivity index (χ1v) is 10.5. The highest BCUT2D eigenvalue weighted by atomic mass is 16.2. The summed E-state index contributed by atoms with van der Waals surface area (Å²) in [5.41, 5.74) is 6.32. The molecule has 0 bridgehead atoms. The minimum Gasteiger partial charge on any atom is -0.378 e. The van der Waals surface area contributed by atoms with E-state index in [4.69, 9.17) is 0 Å². The van der Waals surface area contributed by atoms with Crippen LogP contribution in [-0.4, -0.2) is 5.91 Å². The SMILES string of the molecule is Cc1ccc(C2Nc3ccc(NC(=O)C4CC4)cc3C3CCCCC32)cc1. The molecule has 140 valence electrons. The fourth-order valence-electron chi connectivity index (χ4n) is 4.99. The van der Waals surface area contributed by atoms with Crippen molar-refractivity contribution in [2.45, 2.75) is 57.4 Å². The highest BCUT2D eigenvalue weighted by Crippen LogP contribution is 2.51. The minimum atomic E-state index is 0.191. The molecule has 2 N–H and O–H groups in total. The second kappa shape index (κ2) is 6.70. The lowest BCUT2D eigenvalue weighted by atomic mass is 9.68. The Bertz CT molecular complexity index is 853. The topological polar surface area (TPSA) is 41.1 Å². The van der Waals surface area contributed by atoms with Crippen molar-refractivity contribution in [3.63, 3.8) is 0 Å². The largest absolute Gasteiger partial charge is 0.378 e. The summed E-state index contributed by atoms with van der Waals surface area (Å²) in [6.45, 7) is 2.15. The van der Waals surface area contributed by atoms with Crippen molar-refractivity contribution in [2.75, 3.05) is 10.6 Å². The van der Waals surface area contributed by atoms with Gasteiger partial charge in [-0.05, 0) is 73.8 Å². The van der Waals surface area contributed by atoms with Crippen LogP contribution in [0.1, 0.15) is 67.2 Å². The molecule has 3 unspecified atom stereocenters. The molecule has 0 aromatic heterocycles. The second-order valence-electron chi connectivity index (χ2n) is 8.65. The van der Waals surface area contributed by atoms with Gasteiger partial charge in [-0.25, -0.2) is 0 Å². The van der Waals surface area contributed by atoms with Crippen molar-refractivity contribution in [3.05, 3.63) is 59.2 Å². The van der Waals surface area contributed by atoms with Crippen molar-refractivity contribution in [3.8, 4) is 0 Å². The molecule has 2 aromatic rings. The van der Waals surface area contributed by atoms with Gasteiger partial charge in [-0.1, -0.05) is 42.7 Å². The van der Waals surface area contributed by atoms with Crippen molar-refractivity contribution in [1.82, 2.24) is 0 Å². The molecule has 0 saturated heterocycles. The van der Waals surface area contributed by atoms with Gasteiger partial charge < -0.3 is 10.6 Å². The molecular weight excluding hydrogens is 332 g/mol. The van der Waals surface area contributed by atoms with Crippen LogP contribution in [0.3, 0.4) is 0 Å². The van der Waals surface area contributed by atoms with E-state index in [0.29, 0.717) is 17.9 Å². The normalized spacial score (nSPS) is 26.5. The first-order chi connectivity index (χ1) is 13.2. The zero-order chi connectivity index (χ0) is 18.4. The Kier molecular flexibility index (Phi) is 4.18. The molecule has 3 aliphatic rings. The Morgan fingerprint density at radius 3 is 2.56 bits per heavy atom. The first kappa shape index (κ1) is 16.9. The van der Waals surface area contributed by atoms with Gasteiger partial charge in [-0.3, -0.25) is 4.79 Å². The van der Waals surface area contributed by atoms with E-state index in [9.17, 15) is 4.79 Å². The summed E-state index contributed by atoms with van der Waals surface area (Å²) < 4.78 is 0. The molecular formula is C24H28N2O. The molecule has 0 radical (unpaired) electrons. The summed E-state index contributed by atoms with van der Waals surface area (Å²) in [6.07, 6.45) is 7.23. The zero-order valence-electron chi connectivity index (χ0n) is 16.0. The average Bonchev–Trinajstić information content (AvgIpc) is 3.54. The maximum atomic E-state index is 12.2. The monoisotopic (exact) mass is 360 g/mol. The molecule has 1 heterocycles. The van der Waals surface area contributed by atoms with Gasteiger partial charge in [0.2, 0.25) is 5.91 Å². The Balaban J connectivity index is 1.47. The Morgan fingerprint density at radius 2 is 1.78 bits per heavy atom. The van der Waals surface area contributed by atoms with E-state index in [1.165, 1.54) is 48.1 Å². The third-order valence-electron chi connectivity index (χ3n) is 6.66. The van der Waals surface area contributed by atoms with Crippen molar-refractivity contribution in [2.24, 2.45) is 11.8 Å². The highest BCUT2D eigenvalue weighted by Gasteiger charge is 2.39. The number of rotatable bonds is 3. The summed E-state index contributed by atoms with van der Waals surface area (Å²) >= 11 is 0. The van der Waals surface area contributed by atoms with Gasteiger partial charge in [0.15, 0.2) is 0 Å². The van der Waals surface area contributed by atoms with E-state index in [1.807, 2.05) is 0 Å². The average molecular weight is 361 g/mol.